The van der Waals surface area contributed by atoms with Gasteiger partial charge >= 0.3 is 0 Å². The first-order valence-corrected chi connectivity index (χ1v) is 10.3. The van der Waals surface area contributed by atoms with Crippen LogP contribution >= 0.6 is 0 Å². The van der Waals surface area contributed by atoms with Crippen LogP contribution in [0, 0.1) is 0 Å². The maximum atomic E-state index is 13.1. The van der Waals surface area contributed by atoms with E-state index in [9.17, 15) is 14.7 Å². The van der Waals surface area contributed by atoms with E-state index in [4.69, 9.17) is 9.47 Å². The summed E-state index contributed by atoms with van der Waals surface area (Å²) in [6.45, 7) is -0.249. The Morgan fingerprint density at radius 3 is 2.52 bits per heavy atom. The molecule has 2 aromatic carbocycles. The van der Waals surface area contributed by atoms with Gasteiger partial charge in [-0.1, -0.05) is 36.4 Å². The molecular weight excluding hydrogens is 424 g/mol. The quantitative estimate of drug-likeness (QED) is 0.427. The Morgan fingerprint density at radius 1 is 1.06 bits per heavy atom. The second kappa shape index (κ2) is 9.58. The minimum absolute atomic E-state index is 0.167. The molecule has 4 rings (SSSR count). The molecule has 0 saturated heterocycles. The predicted octanol–water partition coefficient (Wildman–Crippen LogP) is 1.99. The van der Waals surface area contributed by atoms with Gasteiger partial charge in [0.15, 0.2) is 11.5 Å². The molecule has 0 radical (unpaired) electrons. The van der Waals surface area contributed by atoms with E-state index in [1.54, 1.807) is 32.5 Å². The van der Waals surface area contributed by atoms with E-state index >= 15 is 0 Å². The number of aliphatic hydroxyl groups is 1. The van der Waals surface area contributed by atoms with Crippen molar-refractivity contribution in [2.24, 2.45) is 0 Å². The van der Waals surface area contributed by atoms with E-state index in [0.717, 1.165) is 11.1 Å². The molecule has 0 bridgehead atoms. The molecule has 0 aliphatic rings. The number of nitrogens with one attached hydrogen (secondary N) is 1. The summed E-state index contributed by atoms with van der Waals surface area (Å²) in [6, 6.07) is 14.7. The van der Waals surface area contributed by atoms with Gasteiger partial charge in [0.2, 0.25) is 5.91 Å². The Balaban J connectivity index is 1.55. The zero-order valence-electron chi connectivity index (χ0n) is 18.3. The lowest BCUT2D eigenvalue weighted by Crippen LogP contribution is -2.32. The minimum atomic E-state index is -0.405. The Morgan fingerprint density at radius 2 is 1.82 bits per heavy atom. The van der Waals surface area contributed by atoms with Crippen molar-refractivity contribution in [1.82, 2.24) is 19.5 Å². The highest BCUT2D eigenvalue weighted by molar-refractivity contribution is 5.76. The maximum Gasteiger partial charge on any atom is 0.277 e. The van der Waals surface area contributed by atoms with Crippen LogP contribution in [0.1, 0.15) is 11.1 Å². The number of ether oxygens (including phenoxy) is 2. The SMILES string of the molecule is COc1ccc(CNC(=O)Cn2ccn3nc(-c4ccccc4)c(CO)c3c2=O)cc1OC. The van der Waals surface area contributed by atoms with E-state index in [-0.39, 0.29) is 31.1 Å². The van der Waals surface area contributed by atoms with Crippen molar-refractivity contribution >= 4 is 11.4 Å². The van der Waals surface area contributed by atoms with Crippen LogP contribution in [0.3, 0.4) is 0 Å². The van der Waals surface area contributed by atoms with Gasteiger partial charge in [0.25, 0.3) is 5.56 Å². The molecule has 9 heteroatoms. The smallest absolute Gasteiger partial charge is 0.277 e. The molecule has 170 valence electrons. The van der Waals surface area contributed by atoms with Gasteiger partial charge in [-0.2, -0.15) is 5.10 Å². The van der Waals surface area contributed by atoms with Crippen LogP contribution in [0.5, 0.6) is 11.5 Å². The highest BCUT2D eigenvalue weighted by Gasteiger charge is 2.18. The highest BCUT2D eigenvalue weighted by Crippen LogP contribution is 2.27. The van der Waals surface area contributed by atoms with E-state index in [2.05, 4.69) is 10.4 Å². The number of aromatic nitrogens is 3. The second-order valence-electron chi connectivity index (χ2n) is 7.34. The van der Waals surface area contributed by atoms with Gasteiger partial charge in [-0.25, -0.2) is 4.52 Å². The van der Waals surface area contributed by atoms with Gasteiger partial charge < -0.3 is 24.5 Å². The van der Waals surface area contributed by atoms with Crippen molar-refractivity contribution in [3.63, 3.8) is 0 Å². The number of rotatable bonds is 8. The van der Waals surface area contributed by atoms with Crippen molar-refractivity contribution < 1.29 is 19.4 Å². The first kappa shape index (κ1) is 22.1. The predicted molar refractivity (Wildman–Crippen MR) is 122 cm³/mol. The number of benzene rings is 2. The van der Waals surface area contributed by atoms with E-state index in [1.165, 1.54) is 15.3 Å². The van der Waals surface area contributed by atoms with Crippen LogP contribution < -0.4 is 20.3 Å². The maximum absolute atomic E-state index is 13.1. The summed E-state index contributed by atoms with van der Waals surface area (Å²) in [4.78, 5) is 25.6. The summed E-state index contributed by atoms with van der Waals surface area (Å²) in [5, 5.41) is 17.2. The average Bonchev–Trinajstić information content (AvgIpc) is 3.24. The lowest BCUT2D eigenvalue weighted by Gasteiger charge is -2.11. The molecule has 4 aromatic rings. The summed E-state index contributed by atoms with van der Waals surface area (Å²) in [5.41, 5.74) is 2.42. The van der Waals surface area contributed by atoms with Crippen LogP contribution in [0.15, 0.2) is 65.7 Å². The van der Waals surface area contributed by atoms with Gasteiger partial charge in [-0.05, 0) is 17.7 Å². The van der Waals surface area contributed by atoms with Crippen molar-refractivity contribution in [3.8, 4) is 22.8 Å². The lowest BCUT2D eigenvalue weighted by atomic mass is 10.1. The van der Waals surface area contributed by atoms with E-state index in [1.807, 2.05) is 36.4 Å². The summed E-state index contributed by atoms with van der Waals surface area (Å²) >= 11 is 0. The number of hydrogen-bond acceptors (Lipinski definition) is 6. The molecule has 0 spiro atoms. The standard InChI is InChI=1S/C24H24N4O5/c1-32-19-9-8-16(12-20(19)33-2)13-25-21(30)14-27-10-11-28-23(24(27)31)18(15-29)22(26-28)17-6-4-3-5-7-17/h3-12,29H,13-15H2,1-2H3,(H,25,30). The average molecular weight is 448 g/mol. The second-order valence-corrected chi connectivity index (χ2v) is 7.34. The molecule has 0 atom stereocenters. The van der Waals surface area contributed by atoms with Gasteiger partial charge in [-0.3, -0.25) is 9.59 Å². The molecule has 2 aromatic heterocycles. The number of amides is 1. The zero-order valence-corrected chi connectivity index (χ0v) is 18.3. The first-order chi connectivity index (χ1) is 16.0. The number of aliphatic hydroxyl groups excluding tert-OH is 1. The third-order valence-corrected chi connectivity index (χ3v) is 5.32. The Bertz CT molecular complexity index is 1340. The summed E-state index contributed by atoms with van der Waals surface area (Å²) in [7, 11) is 3.10. The van der Waals surface area contributed by atoms with Crippen molar-refractivity contribution in [1.29, 1.82) is 0 Å². The van der Waals surface area contributed by atoms with Gasteiger partial charge in [0, 0.05) is 30.1 Å². The third kappa shape index (κ3) is 4.44. The van der Waals surface area contributed by atoms with Gasteiger partial charge in [0.1, 0.15) is 12.1 Å². The molecule has 1 amide bonds. The van der Waals surface area contributed by atoms with Crippen molar-refractivity contribution in [2.45, 2.75) is 19.7 Å². The number of fused-ring (bicyclic) bond motifs is 1. The molecule has 9 nitrogen and oxygen atoms in total. The third-order valence-electron chi connectivity index (χ3n) is 5.32. The fourth-order valence-electron chi connectivity index (χ4n) is 3.65. The number of methoxy groups -OCH3 is 2. The van der Waals surface area contributed by atoms with Crippen LogP contribution in [0.2, 0.25) is 0 Å². The molecule has 0 aliphatic heterocycles. The van der Waals surface area contributed by atoms with Crippen molar-refractivity contribution in [3.05, 3.63) is 82.4 Å². The molecule has 0 fully saturated rings. The molecule has 0 aliphatic carbocycles. The van der Waals surface area contributed by atoms with Crippen molar-refractivity contribution in [2.75, 3.05) is 14.2 Å². The largest absolute Gasteiger partial charge is 0.493 e. The minimum Gasteiger partial charge on any atom is -0.493 e. The van der Waals surface area contributed by atoms with Crippen LogP contribution in [-0.2, 0) is 24.5 Å². The monoisotopic (exact) mass is 448 g/mol. The summed E-state index contributed by atoms with van der Waals surface area (Å²) in [5.74, 6) is 0.838. The molecule has 33 heavy (non-hydrogen) atoms. The summed E-state index contributed by atoms with van der Waals surface area (Å²) < 4.78 is 13.2. The molecule has 0 saturated carbocycles. The van der Waals surface area contributed by atoms with E-state index < -0.39 is 5.56 Å². The molecular formula is C24H24N4O5. The summed E-state index contributed by atoms with van der Waals surface area (Å²) in [6.07, 6.45) is 3.11. The topological polar surface area (TPSA) is 107 Å². The Kier molecular flexibility index (Phi) is 6.41. The van der Waals surface area contributed by atoms with Crippen LogP contribution in [0.4, 0.5) is 0 Å². The zero-order chi connectivity index (χ0) is 23.4. The number of carbonyl (C=O) groups is 1. The Hall–Kier alpha value is -4.11. The molecule has 2 N–H and O–H groups in total. The van der Waals surface area contributed by atoms with Gasteiger partial charge in [-0.15, -0.1) is 0 Å². The Labute approximate surface area is 189 Å². The van der Waals surface area contributed by atoms with Crippen LogP contribution in [0.25, 0.3) is 16.8 Å². The van der Waals surface area contributed by atoms with E-state index in [0.29, 0.717) is 22.8 Å². The van der Waals surface area contributed by atoms with Crippen LogP contribution in [-0.4, -0.2) is 39.4 Å². The fourth-order valence-corrected chi connectivity index (χ4v) is 3.65. The highest BCUT2D eigenvalue weighted by atomic mass is 16.5. The fraction of sp³-hybridized carbons (Fsp3) is 0.208. The first-order valence-electron chi connectivity index (χ1n) is 10.3. The molecule has 2 heterocycles. The molecule has 0 unspecified atom stereocenters. The number of nitrogens with zero attached hydrogens (tertiary/aromatic N) is 3. The lowest BCUT2D eigenvalue weighted by molar-refractivity contribution is -0.121. The normalized spacial score (nSPS) is 10.9. The van der Waals surface area contributed by atoms with Gasteiger partial charge in [0.05, 0.1) is 26.5 Å². The number of hydrogen-bond donors (Lipinski definition) is 2. The number of carbonyl (C=O) groups excluding carboxylic acids is 1.